The fraction of sp³-hybridized carbons (Fsp3) is 0.294. The van der Waals surface area contributed by atoms with Crippen molar-refractivity contribution in [1.29, 1.82) is 0 Å². The van der Waals surface area contributed by atoms with E-state index in [2.05, 4.69) is 5.32 Å². The van der Waals surface area contributed by atoms with Gasteiger partial charge in [0.25, 0.3) is 0 Å². The Hall–Kier alpha value is -1.81. The molecule has 0 saturated carbocycles. The molecule has 0 aliphatic rings. The number of hydrogen-bond acceptors (Lipinski definition) is 1. The molecule has 0 radical (unpaired) electrons. The molecular weight excluding hydrogens is 275 g/mol. The van der Waals surface area contributed by atoms with Crippen molar-refractivity contribution in [3.05, 3.63) is 60.2 Å². The van der Waals surface area contributed by atoms with E-state index in [9.17, 15) is 13.2 Å². The highest BCUT2D eigenvalue weighted by Crippen LogP contribution is 2.21. The molecule has 0 aliphatic heterocycles. The highest BCUT2D eigenvalue weighted by atomic mass is 19.4. The third-order valence-corrected chi connectivity index (χ3v) is 3.20. The molecule has 0 spiro atoms. The zero-order chi connectivity index (χ0) is 15.1. The van der Waals surface area contributed by atoms with E-state index in [0.717, 1.165) is 16.7 Å². The number of halogens is 3. The number of nitrogens with one attached hydrogen (secondary N) is 1. The molecule has 112 valence electrons. The third-order valence-electron chi connectivity index (χ3n) is 3.20. The average molecular weight is 293 g/mol. The van der Waals surface area contributed by atoms with Crippen molar-refractivity contribution < 1.29 is 13.2 Å². The van der Waals surface area contributed by atoms with Crippen LogP contribution in [0.25, 0.3) is 11.1 Å². The molecule has 0 heterocycles. The van der Waals surface area contributed by atoms with Gasteiger partial charge >= 0.3 is 6.18 Å². The first-order valence-electron chi connectivity index (χ1n) is 6.96. The van der Waals surface area contributed by atoms with Gasteiger partial charge < -0.3 is 5.32 Å². The van der Waals surface area contributed by atoms with Gasteiger partial charge in [0, 0.05) is 13.0 Å². The van der Waals surface area contributed by atoms with Crippen molar-refractivity contribution in [3.63, 3.8) is 0 Å². The van der Waals surface area contributed by atoms with Crippen molar-refractivity contribution in [2.75, 3.05) is 6.54 Å². The van der Waals surface area contributed by atoms with E-state index in [0.29, 0.717) is 13.1 Å². The minimum atomic E-state index is -4.06. The molecule has 4 heteroatoms. The van der Waals surface area contributed by atoms with Crippen LogP contribution in [0.15, 0.2) is 54.6 Å². The predicted molar refractivity (Wildman–Crippen MR) is 78.9 cm³/mol. The minimum Gasteiger partial charge on any atom is -0.313 e. The summed E-state index contributed by atoms with van der Waals surface area (Å²) in [7, 11) is 0. The van der Waals surface area contributed by atoms with Crippen molar-refractivity contribution in [2.45, 2.75) is 25.6 Å². The molecule has 0 fully saturated rings. The number of alkyl halides is 3. The zero-order valence-corrected chi connectivity index (χ0v) is 11.7. The van der Waals surface area contributed by atoms with Gasteiger partial charge in [0.15, 0.2) is 0 Å². The van der Waals surface area contributed by atoms with E-state index < -0.39 is 12.6 Å². The molecule has 1 nitrogen and oxygen atoms in total. The van der Waals surface area contributed by atoms with Crippen LogP contribution in [0.4, 0.5) is 13.2 Å². The predicted octanol–water partition coefficient (Wildman–Crippen LogP) is 4.79. The summed E-state index contributed by atoms with van der Waals surface area (Å²) in [4.78, 5) is 0. The average Bonchev–Trinajstić information content (AvgIpc) is 2.47. The van der Waals surface area contributed by atoms with Gasteiger partial charge in [0.1, 0.15) is 0 Å². The Morgan fingerprint density at radius 1 is 0.810 bits per heavy atom. The van der Waals surface area contributed by atoms with Crippen LogP contribution in [-0.4, -0.2) is 12.7 Å². The molecule has 1 N–H and O–H groups in total. The highest BCUT2D eigenvalue weighted by Gasteiger charge is 2.25. The van der Waals surface area contributed by atoms with Crippen LogP contribution in [0.2, 0.25) is 0 Å². The van der Waals surface area contributed by atoms with Gasteiger partial charge in [-0.3, -0.25) is 0 Å². The summed E-state index contributed by atoms with van der Waals surface area (Å²) in [5.41, 5.74) is 3.36. The fourth-order valence-electron chi connectivity index (χ4n) is 2.09. The van der Waals surface area contributed by atoms with E-state index in [4.69, 9.17) is 0 Å². The summed E-state index contributed by atoms with van der Waals surface area (Å²) in [5, 5.41) is 3.03. The lowest BCUT2D eigenvalue weighted by Gasteiger charge is -2.08. The molecule has 2 aromatic rings. The quantitative estimate of drug-likeness (QED) is 0.755. The van der Waals surface area contributed by atoms with Crippen LogP contribution in [0.3, 0.4) is 0 Å². The maximum atomic E-state index is 12.0. The Labute approximate surface area is 122 Å². The second-order valence-corrected chi connectivity index (χ2v) is 4.96. The SMILES string of the molecule is FC(F)(F)CCCNCc1ccc(-c2ccccc2)cc1. The van der Waals surface area contributed by atoms with Crippen LogP contribution in [0, 0.1) is 0 Å². The minimum absolute atomic E-state index is 0.117. The van der Waals surface area contributed by atoms with Gasteiger partial charge in [-0.1, -0.05) is 54.6 Å². The molecule has 0 saturated heterocycles. The molecule has 0 atom stereocenters. The van der Waals surface area contributed by atoms with Crippen LogP contribution in [0.5, 0.6) is 0 Å². The van der Waals surface area contributed by atoms with Gasteiger partial charge in [0.2, 0.25) is 0 Å². The maximum absolute atomic E-state index is 12.0. The first-order valence-corrected chi connectivity index (χ1v) is 6.96. The first-order chi connectivity index (χ1) is 10.0. The van der Waals surface area contributed by atoms with Crippen molar-refractivity contribution in [3.8, 4) is 11.1 Å². The number of rotatable bonds is 6. The summed E-state index contributed by atoms with van der Waals surface area (Å²) >= 11 is 0. The topological polar surface area (TPSA) is 12.0 Å². The molecule has 0 unspecified atom stereocenters. The monoisotopic (exact) mass is 293 g/mol. The lowest BCUT2D eigenvalue weighted by atomic mass is 10.0. The summed E-state index contributed by atoms with van der Waals surface area (Å²) in [6, 6.07) is 18.1. The summed E-state index contributed by atoms with van der Waals surface area (Å²) in [6.07, 6.45) is -4.67. The zero-order valence-electron chi connectivity index (χ0n) is 11.7. The van der Waals surface area contributed by atoms with Crippen molar-refractivity contribution in [1.82, 2.24) is 5.32 Å². The summed E-state index contributed by atoms with van der Waals surface area (Å²) < 4.78 is 36.0. The second-order valence-electron chi connectivity index (χ2n) is 4.96. The Morgan fingerprint density at radius 2 is 1.43 bits per heavy atom. The Kier molecular flexibility index (Phi) is 5.39. The first kappa shape index (κ1) is 15.6. The molecule has 2 aromatic carbocycles. The van der Waals surface area contributed by atoms with E-state index in [-0.39, 0.29) is 6.42 Å². The smallest absolute Gasteiger partial charge is 0.313 e. The second kappa shape index (κ2) is 7.27. The molecular formula is C17H18F3N. The Bertz CT molecular complexity index is 532. The van der Waals surface area contributed by atoms with Crippen LogP contribution in [-0.2, 0) is 6.54 Å². The molecule has 0 aliphatic carbocycles. The van der Waals surface area contributed by atoms with Crippen molar-refractivity contribution in [2.24, 2.45) is 0 Å². The molecule has 2 rings (SSSR count). The molecule has 0 aromatic heterocycles. The van der Waals surface area contributed by atoms with Gasteiger partial charge in [-0.15, -0.1) is 0 Å². The lowest BCUT2D eigenvalue weighted by molar-refractivity contribution is -0.135. The van der Waals surface area contributed by atoms with E-state index in [1.807, 2.05) is 54.6 Å². The highest BCUT2D eigenvalue weighted by molar-refractivity contribution is 5.63. The third kappa shape index (κ3) is 5.60. The van der Waals surface area contributed by atoms with Crippen LogP contribution in [0.1, 0.15) is 18.4 Å². The summed E-state index contributed by atoms with van der Waals surface area (Å²) in [5.74, 6) is 0. The number of hydrogen-bond donors (Lipinski definition) is 1. The lowest BCUT2D eigenvalue weighted by Crippen LogP contribution is -2.17. The number of benzene rings is 2. The molecule has 0 bridgehead atoms. The van der Waals surface area contributed by atoms with Crippen LogP contribution < -0.4 is 5.32 Å². The standard InChI is InChI=1S/C17H18F3N/c18-17(19,20)11-4-12-21-13-14-7-9-16(10-8-14)15-5-2-1-3-6-15/h1-3,5-10,21H,4,11-13H2. The normalized spacial score (nSPS) is 11.6. The van der Waals surface area contributed by atoms with Gasteiger partial charge in [-0.2, -0.15) is 13.2 Å². The van der Waals surface area contributed by atoms with Gasteiger partial charge in [-0.05, 0) is 29.7 Å². The maximum Gasteiger partial charge on any atom is 0.389 e. The largest absolute Gasteiger partial charge is 0.389 e. The van der Waals surface area contributed by atoms with Crippen molar-refractivity contribution >= 4 is 0 Å². The summed E-state index contributed by atoms with van der Waals surface area (Å²) in [6.45, 7) is 0.965. The van der Waals surface area contributed by atoms with Gasteiger partial charge in [-0.25, -0.2) is 0 Å². The van der Waals surface area contributed by atoms with E-state index in [1.54, 1.807) is 0 Å². The Morgan fingerprint density at radius 3 is 2.05 bits per heavy atom. The Balaban J connectivity index is 1.78. The molecule has 21 heavy (non-hydrogen) atoms. The van der Waals surface area contributed by atoms with E-state index in [1.165, 1.54) is 0 Å². The van der Waals surface area contributed by atoms with Crippen LogP contribution >= 0.6 is 0 Å². The fourth-order valence-corrected chi connectivity index (χ4v) is 2.09. The van der Waals surface area contributed by atoms with Gasteiger partial charge in [0.05, 0.1) is 0 Å². The molecule has 0 amide bonds. The van der Waals surface area contributed by atoms with E-state index >= 15 is 0 Å².